The first-order chi connectivity index (χ1) is 7.08. The minimum Gasteiger partial charge on any atom is -0.548 e. The van der Waals surface area contributed by atoms with E-state index in [9.17, 15) is 14.7 Å². The third kappa shape index (κ3) is 1.63. The fraction of sp³-hybridized carbons (Fsp3) is 0.200. The topological polar surface area (TPSA) is 75.3 Å². The highest BCUT2D eigenvalue weighted by Gasteiger charge is 2.08. The molecule has 0 saturated carbocycles. The van der Waals surface area contributed by atoms with Crippen LogP contribution in [0.1, 0.15) is 5.56 Å². The lowest BCUT2D eigenvalue weighted by Gasteiger charge is -2.02. The lowest BCUT2D eigenvalue weighted by molar-refractivity contribution is -0.306. The molecule has 5 heteroatoms. The van der Waals surface area contributed by atoms with Gasteiger partial charge in [-0.25, -0.2) is 4.79 Å². The molecular formula is C10H8NO4-. The maximum Gasteiger partial charge on any atom is 0.420 e. The summed E-state index contributed by atoms with van der Waals surface area (Å²) >= 11 is 0. The zero-order valence-corrected chi connectivity index (χ0v) is 8.02. The van der Waals surface area contributed by atoms with Crippen LogP contribution in [-0.4, -0.2) is 10.5 Å². The average Bonchev–Trinajstić information content (AvgIpc) is 2.43. The zero-order valence-electron chi connectivity index (χ0n) is 8.02. The molecule has 1 heterocycles. The SMILES string of the molecule is Cc1ccc2oc(=O)n(CC(=O)[O-])c2c1. The molecule has 0 bridgehead atoms. The van der Waals surface area contributed by atoms with Gasteiger partial charge in [-0.05, 0) is 24.6 Å². The van der Waals surface area contributed by atoms with Crippen molar-refractivity contribution in [1.29, 1.82) is 0 Å². The summed E-state index contributed by atoms with van der Waals surface area (Å²) in [7, 11) is 0. The number of oxazole rings is 1. The second-order valence-corrected chi connectivity index (χ2v) is 3.30. The lowest BCUT2D eigenvalue weighted by atomic mass is 10.2. The van der Waals surface area contributed by atoms with Crippen molar-refractivity contribution in [3.8, 4) is 0 Å². The zero-order chi connectivity index (χ0) is 11.0. The van der Waals surface area contributed by atoms with Gasteiger partial charge in [-0.1, -0.05) is 6.07 Å². The molecule has 0 unspecified atom stereocenters. The van der Waals surface area contributed by atoms with Crippen LogP contribution in [0.15, 0.2) is 27.4 Å². The van der Waals surface area contributed by atoms with Crippen molar-refractivity contribution in [2.24, 2.45) is 0 Å². The Morgan fingerprint density at radius 1 is 1.53 bits per heavy atom. The predicted octanol–water partition coefficient (Wildman–Crippen LogP) is -0.347. The predicted molar refractivity (Wildman–Crippen MR) is 50.2 cm³/mol. The average molecular weight is 206 g/mol. The van der Waals surface area contributed by atoms with Crippen molar-refractivity contribution in [3.05, 3.63) is 34.3 Å². The number of aromatic nitrogens is 1. The summed E-state index contributed by atoms with van der Waals surface area (Å²) in [5.41, 5.74) is 1.78. The number of carbonyl (C=O) groups excluding carboxylic acids is 1. The summed E-state index contributed by atoms with van der Waals surface area (Å²) in [4.78, 5) is 21.7. The van der Waals surface area contributed by atoms with Crippen LogP contribution in [0, 0.1) is 6.92 Å². The Balaban J connectivity index is 2.70. The van der Waals surface area contributed by atoms with Crippen LogP contribution < -0.4 is 10.9 Å². The van der Waals surface area contributed by atoms with Gasteiger partial charge in [-0.2, -0.15) is 0 Å². The molecule has 1 aromatic heterocycles. The van der Waals surface area contributed by atoms with E-state index >= 15 is 0 Å². The van der Waals surface area contributed by atoms with Crippen molar-refractivity contribution in [2.45, 2.75) is 13.5 Å². The Kier molecular flexibility index (Phi) is 2.07. The molecule has 78 valence electrons. The Hall–Kier alpha value is -2.04. The summed E-state index contributed by atoms with van der Waals surface area (Å²) in [6.07, 6.45) is 0. The first-order valence-electron chi connectivity index (χ1n) is 4.38. The van der Waals surface area contributed by atoms with Gasteiger partial charge in [0.2, 0.25) is 0 Å². The smallest absolute Gasteiger partial charge is 0.420 e. The highest BCUT2D eigenvalue weighted by Crippen LogP contribution is 2.14. The van der Waals surface area contributed by atoms with Crippen LogP contribution >= 0.6 is 0 Å². The van der Waals surface area contributed by atoms with Crippen LogP contribution in [-0.2, 0) is 11.3 Å². The van der Waals surface area contributed by atoms with E-state index in [2.05, 4.69) is 0 Å². The van der Waals surface area contributed by atoms with Gasteiger partial charge in [0.1, 0.15) is 0 Å². The molecule has 0 saturated heterocycles. The van der Waals surface area contributed by atoms with Gasteiger partial charge >= 0.3 is 5.76 Å². The van der Waals surface area contributed by atoms with Crippen molar-refractivity contribution in [1.82, 2.24) is 4.57 Å². The second-order valence-electron chi connectivity index (χ2n) is 3.30. The molecule has 0 radical (unpaired) electrons. The number of carbonyl (C=O) groups is 1. The van der Waals surface area contributed by atoms with E-state index in [1.54, 1.807) is 18.2 Å². The molecular weight excluding hydrogens is 198 g/mol. The van der Waals surface area contributed by atoms with E-state index in [4.69, 9.17) is 4.42 Å². The fourth-order valence-corrected chi connectivity index (χ4v) is 1.45. The molecule has 0 aliphatic heterocycles. The fourth-order valence-electron chi connectivity index (χ4n) is 1.45. The largest absolute Gasteiger partial charge is 0.548 e. The van der Waals surface area contributed by atoms with Crippen LogP contribution in [0.3, 0.4) is 0 Å². The summed E-state index contributed by atoms with van der Waals surface area (Å²) in [6.45, 7) is 1.36. The number of nitrogens with zero attached hydrogens (tertiary/aromatic N) is 1. The molecule has 2 aromatic rings. The number of hydrogen-bond donors (Lipinski definition) is 0. The third-order valence-electron chi connectivity index (χ3n) is 2.11. The molecule has 1 aromatic carbocycles. The number of fused-ring (bicyclic) bond motifs is 1. The molecule has 15 heavy (non-hydrogen) atoms. The molecule has 0 spiro atoms. The van der Waals surface area contributed by atoms with Gasteiger partial charge in [0, 0.05) is 0 Å². The van der Waals surface area contributed by atoms with Crippen molar-refractivity contribution >= 4 is 17.1 Å². The van der Waals surface area contributed by atoms with Crippen molar-refractivity contribution in [2.75, 3.05) is 0 Å². The van der Waals surface area contributed by atoms with Crippen molar-refractivity contribution < 1.29 is 14.3 Å². The van der Waals surface area contributed by atoms with Crippen LogP contribution in [0.4, 0.5) is 0 Å². The molecule has 0 N–H and O–H groups in total. The van der Waals surface area contributed by atoms with Crippen LogP contribution in [0.5, 0.6) is 0 Å². The minimum absolute atomic E-state index is 0.381. The maximum absolute atomic E-state index is 11.3. The number of hydrogen-bond acceptors (Lipinski definition) is 4. The minimum atomic E-state index is -1.32. The first kappa shape index (κ1) is 9.51. The molecule has 0 aliphatic carbocycles. The van der Waals surface area contributed by atoms with Gasteiger partial charge in [0.15, 0.2) is 5.58 Å². The highest BCUT2D eigenvalue weighted by atomic mass is 16.4. The highest BCUT2D eigenvalue weighted by molar-refractivity contribution is 5.75. The van der Waals surface area contributed by atoms with Gasteiger partial charge in [-0.15, -0.1) is 0 Å². The Labute approximate surface area is 84.5 Å². The van der Waals surface area contributed by atoms with Gasteiger partial charge in [-0.3, -0.25) is 4.57 Å². The number of aliphatic carboxylic acids is 1. The maximum atomic E-state index is 11.3. The summed E-state index contributed by atoms with van der Waals surface area (Å²) in [6, 6.07) is 5.12. The molecule has 2 rings (SSSR count). The number of carboxylic acids is 1. The molecule has 0 fully saturated rings. The Bertz CT molecular complexity index is 579. The molecule has 0 atom stereocenters. The van der Waals surface area contributed by atoms with Gasteiger partial charge in [0.25, 0.3) is 0 Å². The summed E-state index contributed by atoms with van der Waals surface area (Å²) < 4.78 is 5.91. The summed E-state index contributed by atoms with van der Waals surface area (Å²) in [5, 5.41) is 10.4. The van der Waals surface area contributed by atoms with Crippen LogP contribution in [0.2, 0.25) is 0 Å². The number of benzene rings is 1. The van der Waals surface area contributed by atoms with E-state index < -0.39 is 18.3 Å². The van der Waals surface area contributed by atoms with Crippen molar-refractivity contribution in [3.63, 3.8) is 0 Å². The summed E-state index contributed by atoms with van der Waals surface area (Å²) in [5.74, 6) is -2.00. The van der Waals surface area contributed by atoms with Gasteiger partial charge < -0.3 is 14.3 Å². The van der Waals surface area contributed by atoms with E-state index in [1.165, 1.54) is 0 Å². The number of rotatable bonds is 2. The third-order valence-corrected chi connectivity index (χ3v) is 2.11. The van der Waals surface area contributed by atoms with E-state index in [0.29, 0.717) is 11.1 Å². The normalized spacial score (nSPS) is 10.7. The quantitative estimate of drug-likeness (QED) is 0.673. The molecule has 0 aliphatic rings. The standard InChI is InChI=1S/C10H9NO4/c1-6-2-3-8-7(4-6)11(5-9(12)13)10(14)15-8/h2-4H,5H2,1H3,(H,12,13)/p-1. The Morgan fingerprint density at radius 3 is 2.93 bits per heavy atom. The number of aryl methyl sites for hydroxylation is 1. The Morgan fingerprint density at radius 2 is 2.27 bits per heavy atom. The van der Waals surface area contributed by atoms with Gasteiger partial charge in [0.05, 0.1) is 18.0 Å². The second kappa shape index (κ2) is 3.27. The van der Waals surface area contributed by atoms with E-state index in [0.717, 1.165) is 10.1 Å². The van der Waals surface area contributed by atoms with E-state index in [1.807, 2.05) is 6.92 Å². The van der Waals surface area contributed by atoms with E-state index in [-0.39, 0.29) is 0 Å². The monoisotopic (exact) mass is 206 g/mol. The first-order valence-corrected chi connectivity index (χ1v) is 4.38. The molecule has 0 amide bonds. The number of carboxylic acid groups (broad SMARTS) is 1. The lowest BCUT2D eigenvalue weighted by Crippen LogP contribution is -2.31. The molecule has 5 nitrogen and oxygen atoms in total. The van der Waals surface area contributed by atoms with Crippen LogP contribution in [0.25, 0.3) is 11.1 Å².